The van der Waals surface area contributed by atoms with Crippen molar-refractivity contribution in [1.82, 2.24) is 32.1 Å². The highest BCUT2D eigenvalue weighted by Gasteiger charge is 2.19. The van der Waals surface area contributed by atoms with Gasteiger partial charge in [-0.25, -0.2) is 10.9 Å². The molecule has 0 bridgehead atoms. The molecule has 2 saturated heterocycles. The van der Waals surface area contributed by atoms with E-state index >= 15 is 0 Å². The average Bonchev–Trinajstić information content (AvgIpc) is 3.33. The smallest absolute Gasteiger partial charge is 0.254 e. The van der Waals surface area contributed by atoms with E-state index in [-0.39, 0.29) is 18.0 Å². The minimum absolute atomic E-state index is 0.0128. The fourth-order valence-corrected chi connectivity index (χ4v) is 3.28. The van der Waals surface area contributed by atoms with E-state index in [1.807, 2.05) is 30.3 Å². The summed E-state index contributed by atoms with van der Waals surface area (Å²) in [4.78, 5) is 26.8. The van der Waals surface area contributed by atoms with Crippen LogP contribution in [0.1, 0.15) is 38.0 Å². The number of amides is 2. The Morgan fingerprint density at radius 2 is 1.72 bits per heavy atom. The normalized spacial score (nSPS) is 17.3. The summed E-state index contributed by atoms with van der Waals surface area (Å²) in [6, 6.07) is 14.7. The summed E-state index contributed by atoms with van der Waals surface area (Å²) in [7, 11) is 0. The summed E-state index contributed by atoms with van der Waals surface area (Å²) in [6.45, 7) is 2.79. The van der Waals surface area contributed by atoms with Crippen LogP contribution in [0.5, 0.6) is 0 Å². The summed E-state index contributed by atoms with van der Waals surface area (Å²) >= 11 is 0. The van der Waals surface area contributed by atoms with Gasteiger partial charge >= 0.3 is 0 Å². The fourth-order valence-electron chi connectivity index (χ4n) is 3.28. The summed E-state index contributed by atoms with van der Waals surface area (Å²) in [5.41, 5.74) is 14.6. The highest BCUT2D eigenvalue weighted by atomic mass is 16.5. The third-order valence-electron chi connectivity index (χ3n) is 4.93. The topological polar surface area (TPSA) is 107 Å². The van der Waals surface area contributed by atoms with Crippen LogP contribution >= 0.6 is 0 Å². The zero-order chi connectivity index (χ0) is 20.1. The maximum absolute atomic E-state index is 12.5. The third-order valence-corrected chi connectivity index (χ3v) is 4.93. The number of carbonyl (C=O) groups is 2. The molecule has 2 aliphatic rings. The maximum atomic E-state index is 12.5. The maximum Gasteiger partial charge on any atom is 0.254 e. The standard InChI is InChI=1S/C20H24N6O3/c27-19(17-3-1-2-16(12-17)18-22-24-25-23-18)21-13-14-4-6-15(7-5-14)20(28)26-8-10-29-11-9-26/h1-7,12,18,22-25H,8-11,13H2,(H,21,27). The summed E-state index contributed by atoms with van der Waals surface area (Å²) in [5.74, 6) is -0.141. The molecule has 9 nitrogen and oxygen atoms in total. The van der Waals surface area contributed by atoms with Crippen LogP contribution in [0.3, 0.4) is 0 Å². The van der Waals surface area contributed by atoms with E-state index in [1.54, 1.807) is 23.1 Å². The largest absolute Gasteiger partial charge is 0.378 e. The van der Waals surface area contributed by atoms with Crippen LogP contribution < -0.4 is 27.2 Å². The number of carbonyl (C=O) groups excluding carboxylic acids is 2. The van der Waals surface area contributed by atoms with Crippen LogP contribution in [0.25, 0.3) is 0 Å². The zero-order valence-electron chi connectivity index (χ0n) is 15.9. The van der Waals surface area contributed by atoms with E-state index < -0.39 is 0 Å². The Morgan fingerprint density at radius 1 is 1.00 bits per heavy atom. The van der Waals surface area contributed by atoms with Gasteiger partial charge in [-0.1, -0.05) is 24.3 Å². The van der Waals surface area contributed by atoms with Crippen LogP contribution in [-0.2, 0) is 11.3 Å². The second-order valence-electron chi connectivity index (χ2n) is 6.88. The molecule has 0 aliphatic carbocycles. The van der Waals surface area contributed by atoms with Gasteiger partial charge in [-0.05, 0) is 35.4 Å². The number of hydrazine groups is 3. The van der Waals surface area contributed by atoms with Gasteiger partial charge in [0.1, 0.15) is 6.17 Å². The lowest BCUT2D eigenvalue weighted by atomic mass is 10.1. The molecule has 0 unspecified atom stereocenters. The summed E-state index contributed by atoms with van der Waals surface area (Å²) in [6.07, 6.45) is -0.126. The number of hydrogen-bond acceptors (Lipinski definition) is 7. The molecule has 0 radical (unpaired) electrons. The monoisotopic (exact) mass is 396 g/mol. The minimum Gasteiger partial charge on any atom is -0.378 e. The Hall–Kier alpha value is -2.82. The summed E-state index contributed by atoms with van der Waals surface area (Å²) < 4.78 is 5.28. The molecule has 2 amide bonds. The van der Waals surface area contributed by atoms with E-state index in [1.165, 1.54) is 0 Å². The predicted molar refractivity (Wildman–Crippen MR) is 106 cm³/mol. The van der Waals surface area contributed by atoms with Gasteiger partial charge in [0.2, 0.25) is 0 Å². The molecular formula is C20H24N6O3. The van der Waals surface area contributed by atoms with Gasteiger partial charge in [0, 0.05) is 30.8 Å². The molecule has 2 aromatic carbocycles. The highest BCUT2D eigenvalue weighted by molar-refractivity contribution is 5.95. The van der Waals surface area contributed by atoms with Crippen molar-refractivity contribution < 1.29 is 14.3 Å². The van der Waals surface area contributed by atoms with Crippen molar-refractivity contribution in [2.75, 3.05) is 26.3 Å². The average molecular weight is 396 g/mol. The molecule has 152 valence electrons. The Morgan fingerprint density at radius 3 is 2.45 bits per heavy atom. The molecule has 0 saturated carbocycles. The second-order valence-corrected chi connectivity index (χ2v) is 6.88. The first-order valence-corrected chi connectivity index (χ1v) is 9.56. The highest BCUT2D eigenvalue weighted by Crippen LogP contribution is 2.13. The lowest BCUT2D eigenvalue weighted by molar-refractivity contribution is 0.0303. The van der Waals surface area contributed by atoms with Crippen LogP contribution in [0, 0.1) is 0 Å². The van der Waals surface area contributed by atoms with Crippen molar-refractivity contribution in [3.8, 4) is 0 Å². The van der Waals surface area contributed by atoms with Crippen molar-refractivity contribution >= 4 is 11.8 Å². The molecule has 29 heavy (non-hydrogen) atoms. The van der Waals surface area contributed by atoms with E-state index in [9.17, 15) is 9.59 Å². The number of morpholine rings is 1. The van der Waals surface area contributed by atoms with E-state index in [0.29, 0.717) is 44.0 Å². The van der Waals surface area contributed by atoms with Crippen molar-refractivity contribution in [2.24, 2.45) is 0 Å². The van der Waals surface area contributed by atoms with Gasteiger partial charge < -0.3 is 15.0 Å². The van der Waals surface area contributed by atoms with Crippen molar-refractivity contribution in [3.63, 3.8) is 0 Å². The first kappa shape index (κ1) is 19.5. The number of ether oxygens (including phenoxy) is 1. The molecule has 2 heterocycles. The van der Waals surface area contributed by atoms with Crippen LogP contribution in [-0.4, -0.2) is 43.0 Å². The Bertz CT molecular complexity index is 861. The molecular weight excluding hydrogens is 372 g/mol. The summed E-state index contributed by atoms with van der Waals surface area (Å²) in [5, 5.41) is 2.92. The molecule has 2 fully saturated rings. The lowest BCUT2D eigenvalue weighted by Gasteiger charge is -2.26. The minimum atomic E-state index is -0.153. The van der Waals surface area contributed by atoms with E-state index in [2.05, 4.69) is 27.2 Å². The van der Waals surface area contributed by atoms with Crippen molar-refractivity contribution in [3.05, 3.63) is 70.8 Å². The molecule has 9 heteroatoms. The SMILES string of the molecule is O=C(NCc1ccc(C(=O)N2CCOCC2)cc1)c1cccc(C2NNNN2)c1. The van der Waals surface area contributed by atoms with Gasteiger partial charge in [0.15, 0.2) is 0 Å². The Labute approximate surface area is 168 Å². The van der Waals surface area contributed by atoms with Crippen LogP contribution in [0.15, 0.2) is 48.5 Å². The molecule has 5 N–H and O–H groups in total. The fraction of sp³-hybridized carbons (Fsp3) is 0.300. The van der Waals surface area contributed by atoms with Gasteiger partial charge in [-0.15, -0.1) is 0 Å². The van der Waals surface area contributed by atoms with Gasteiger partial charge in [0.05, 0.1) is 13.2 Å². The Balaban J connectivity index is 1.33. The number of nitrogens with one attached hydrogen (secondary N) is 5. The van der Waals surface area contributed by atoms with Crippen molar-refractivity contribution in [1.29, 1.82) is 0 Å². The van der Waals surface area contributed by atoms with Gasteiger partial charge in [-0.2, -0.15) is 11.1 Å². The van der Waals surface area contributed by atoms with Crippen molar-refractivity contribution in [2.45, 2.75) is 12.7 Å². The molecule has 2 aliphatic heterocycles. The molecule has 0 atom stereocenters. The quantitative estimate of drug-likeness (QED) is 0.492. The number of rotatable bonds is 5. The van der Waals surface area contributed by atoms with Gasteiger partial charge in [0.25, 0.3) is 11.8 Å². The Kier molecular flexibility index (Phi) is 6.13. The van der Waals surface area contributed by atoms with E-state index in [4.69, 9.17) is 4.74 Å². The lowest BCUT2D eigenvalue weighted by Crippen LogP contribution is -2.40. The predicted octanol–water partition coefficient (Wildman–Crippen LogP) is 0.205. The number of hydrogen-bond donors (Lipinski definition) is 5. The molecule has 0 spiro atoms. The first-order valence-electron chi connectivity index (χ1n) is 9.56. The van der Waals surface area contributed by atoms with Gasteiger partial charge in [-0.3, -0.25) is 9.59 Å². The molecule has 0 aromatic heterocycles. The number of nitrogens with zero attached hydrogens (tertiary/aromatic N) is 1. The van der Waals surface area contributed by atoms with Crippen LogP contribution in [0.4, 0.5) is 0 Å². The first-order chi connectivity index (χ1) is 14.2. The van der Waals surface area contributed by atoms with E-state index in [0.717, 1.165) is 11.1 Å². The van der Waals surface area contributed by atoms with Crippen LogP contribution in [0.2, 0.25) is 0 Å². The molecule has 4 rings (SSSR count). The zero-order valence-corrected chi connectivity index (χ0v) is 15.9. The second kappa shape index (κ2) is 9.12. The molecule has 2 aromatic rings. The number of benzene rings is 2. The third kappa shape index (κ3) is 4.78.